The molecular weight excluding hydrogens is 244 g/mol. The van der Waals surface area contributed by atoms with Crippen molar-refractivity contribution in [1.82, 2.24) is 0 Å². The first kappa shape index (κ1) is 13.9. The number of hydrogen-bond acceptors (Lipinski definition) is 3. The largest absolute Gasteiger partial charge is 0.493 e. The molecule has 1 aliphatic heterocycles. The summed E-state index contributed by atoms with van der Waals surface area (Å²) in [6, 6.07) is 7.45. The summed E-state index contributed by atoms with van der Waals surface area (Å²) in [5.41, 5.74) is -0.0309. The molecule has 0 amide bonds. The van der Waals surface area contributed by atoms with Crippen molar-refractivity contribution in [3.63, 3.8) is 0 Å². The van der Waals surface area contributed by atoms with Crippen LogP contribution in [0.15, 0.2) is 24.3 Å². The van der Waals surface area contributed by atoms with Crippen molar-refractivity contribution in [3.05, 3.63) is 29.8 Å². The molecule has 0 aliphatic carbocycles. The van der Waals surface area contributed by atoms with Crippen LogP contribution in [-0.4, -0.2) is 30.9 Å². The van der Waals surface area contributed by atoms with Crippen molar-refractivity contribution < 1.29 is 19.4 Å². The average Bonchev–Trinajstić information content (AvgIpc) is 2.43. The third-order valence-corrected chi connectivity index (χ3v) is 3.69. The monoisotopic (exact) mass is 264 g/mol. The standard InChI is InChI=1S/C15H20O4/c1-2-18-10-5-8-15(14(16)17)9-11-19-13-7-4-3-6-12(13)15/h3-4,6-7H,2,5,8-11H2,1H3,(H,16,17). The average molecular weight is 264 g/mol. The van der Waals surface area contributed by atoms with Crippen LogP contribution in [0.1, 0.15) is 31.7 Å². The molecule has 1 N–H and O–H groups in total. The Balaban J connectivity index is 2.23. The Morgan fingerprint density at radius 2 is 2.26 bits per heavy atom. The zero-order valence-electron chi connectivity index (χ0n) is 11.2. The van der Waals surface area contributed by atoms with Crippen molar-refractivity contribution in [1.29, 1.82) is 0 Å². The SMILES string of the molecule is CCOCCCC1(C(=O)O)CCOc2ccccc21. The summed E-state index contributed by atoms with van der Waals surface area (Å²) in [5.74, 6) is -0.0627. The normalized spacial score (nSPS) is 21.5. The highest BCUT2D eigenvalue weighted by Crippen LogP contribution is 2.42. The van der Waals surface area contributed by atoms with Crippen LogP contribution in [0.25, 0.3) is 0 Å². The minimum atomic E-state index is -0.827. The highest BCUT2D eigenvalue weighted by atomic mass is 16.5. The predicted molar refractivity (Wildman–Crippen MR) is 71.6 cm³/mol. The van der Waals surface area contributed by atoms with E-state index in [9.17, 15) is 9.90 Å². The summed E-state index contributed by atoms with van der Waals surface area (Å²) in [6.07, 6.45) is 1.85. The fraction of sp³-hybridized carbons (Fsp3) is 0.533. The van der Waals surface area contributed by atoms with E-state index >= 15 is 0 Å². The molecule has 0 spiro atoms. The van der Waals surface area contributed by atoms with Gasteiger partial charge in [0.1, 0.15) is 5.75 Å². The van der Waals surface area contributed by atoms with E-state index in [1.54, 1.807) is 0 Å². The van der Waals surface area contributed by atoms with Crippen LogP contribution in [0.5, 0.6) is 5.75 Å². The Kier molecular flexibility index (Phi) is 4.43. The lowest BCUT2D eigenvalue weighted by Crippen LogP contribution is -2.40. The minimum absolute atomic E-state index is 0.456. The van der Waals surface area contributed by atoms with Gasteiger partial charge in [0.2, 0.25) is 0 Å². The number of benzene rings is 1. The Bertz CT molecular complexity index is 444. The van der Waals surface area contributed by atoms with Gasteiger partial charge in [-0.3, -0.25) is 4.79 Å². The predicted octanol–water partition coefficient (Wildman–Crippen LogP) is 2.61. The quantitative estimate of drug-likeness (QED) is 0.802. The van der Waals surface area contributed by atoms with Gasteiger partial charge in [-0.05, 0) is 25.8 Å². The summed E-state index contributed by atoms with van der Waals surface area (Å²) in [7, 11) is 0. The van der Waals surface area contributed by atoms with Gasteiger partial charge in [0.15, 0.2) is 0 Å². The van der Waals surface area contributed by atoms with E-state index in [4.69, 9.17) is 9.47 Å². The van der Waals surface area contributed by atoms with E-state index in [0.717, 1.165) is 12.0 Å². The minimum Gasteiger partial charge on any atom is -0.493 e. The summed E-state index contributed by atoms with van der Waals surface area (Å²) >= 11 is 0. The number of aliphatic carboxylic acids is 1. The molecule has 104 valence electrons. The van der Waals surface area contributed by atoms with Crippen LogP contribution in [0.4, 0.5) is 0 Å². The molecule has 1 aromatic carbocycles. The van der Waals surface area contributed by atoms with Gasteiger partial charge >= 0.3 is 5.97 Å². The molecule has 0 saturated carbocycles. The molecule has 1 atom stereocenters. The van der Waals surface area contributed by atoms with Crippen LogP contribution in [0, 0.1) is 0 Å². The topological polar surface area (TPSA) is 55.8 Å². The van der Waals surface area contributed by atoms with Crippen molar-refractivity contribution >= 4 is 5.97 Å². The number of hydrogen-bond donors (Lipinski definition) is 1. The Morgan fingerprint density at radius 1 is 1.47 bits per heavy atom. The molecule has 0 bridgehead atoms. The zero-order valence-corrected chi connectivity index (χ0v) is 11.2. The van der Waals surface area contributed by atoms with Gasteiger partial charge in [-0.1, -0.05) is 18.2 Å². The highest BCUT2D eigenvalue weighted by Gasteiger charge is 2.43. The maximum Gasteiger partial charge on any atom is 0.314 e. The highest BCUT2D eigenvalue weighted by molar-refractivity contribution is 5.83. The first-order chi connectivity index (χ1) is 9.20. The van der Waals surface area contributed by atoms with Crippen LogP contribution in [0.2, 0.25) is 0 Å². The van der Waals surface area contributed by atoms with E-state index in [2.05, 4.69) is 0 Å². The summed E-state index contributed by atoms with van der Waals surface area (Å²) in [4.78, 5) is 11.8. The number of para-hydroxylation sites is 1. The van der Waals surface area contributed by atoms with Gasteiger partial charge in [0.05, 0.1) is 12.0 Å². The fourth-order valence-corrected chi connectivity index (χ4v) is 2.67. The lowest BCUT2D eigenvalue weighted by atomic mass is 9.73. The second-order valence-electron chi connectivity index (χ2n) is 4.78. The van der Waals surface area contributed by atoms with E-state index in [1.807, 2.05) is 31.2 Å². The van der Waals surface area contributed by atoms with Gasteiger partial charge in [-0.25, -0.2) is 0 Å². The molecule has 0 fully saturated rings. The Morgan fingerprint density at radius 3 is 3.00 bits per heavy atom. The fourth-order valence-electron chi connectivity index (χ4n) is 2.67. The summed E-state index contributed by atoms with van der Waals surface area (Å²) < 4.78 is 10.9. The maximum atomic E-state index is 11.8. The van der Waals surface area contributed by atoms with Crippen molar-refractivity contribution in [3.8, 4) is 5.75 Å². The molecule has 0 radical (unpaired) electrons. The molecule has 0 saturated heterocycles. The third kappa shape index (κ3) is 2.73. The van der Waals surface area contributed by atoms with Gasteiger partial charge in [-0.2, -0.15) is 0 Å². The van der Waals surface area contributed by atoms with Crippen LogP contribution >= 0.6 is 0 Å². The van der Waals surface area contributed by atoms with Gasteiger partial charge in [0, 0.05) is 25.2 Å². The van der Waals surface area contributed by atoms with Gasteiger partial charge < -0.3 is 14.6 Å². The first-order valence-corrected chi connectivity index (χ1v) is 6.74. The lowest BCUT2D eigenvalue weighted by Gasteiger charge is -2.35. The zero-order chi connectivity index (χ0) is 13.7. The Labute approximate surface area is 113 Å². The number of carboxylic acids is 1. The molecule has 0 aromatic heterocycles. The second kappa shape index (κ2) is 6.06. The smallest absolute Gasteiger partial charge is 0.314 e. The van der Waals surface area contributed by atoms with Crippen molar-refractivity contribution in [2.24, 2.45) is 0 Å². The summed E-state index contributed by atoms with van der Waals surface area (Å²) in [6.45, 7) is 3.67. The van der Waals surface area contributed by atoms with Crippen LogP contribution in [-0.2, 0) is 14.9 Å². The molecule has 1 aliphatic rings. The summed E-state index contributed by atoms with van der Waals surface area (Å²) in [5, 5.41) is 9.70. The van der Waals surface area contributed by atoms with Crippen molar-refractivity contribution in [2.75, 3.05) is 19.8 Å². The Hall–Kier alpha value is -1.55. The third-order valence-electron chi connectivity index (χ3n) is 3.69. The molecule has 1 aromatic rings. The van der Waals surface area contributed by atoms with Gasteiger partial charge in [0.25, 0.3) is 0 Å². The molecule has 1 unspecified atom stereocenters. The molecule has 4 heteroatoms. The molecule has 2 rings (SSSR count). The molecule has 1 heterocycles. The van der Waals surface area contributed by atoms with E-state index < -0.39 is 11.4 Å². The van der Waals surface area contributed by atoms with Crippen LogP contribution < -0.4 is 4.74 Å². The van der Waals surface area contributed by atoms with E-state index in [0.29, 0.717) is 38.4 Å². The number of rotatable bonds is 6. The lowest BCUT2D eigenvalue weighted by molar-refractivity contribution is -0.145. The second-order valence-corrected chi connectivity index (χ2v) is 4.78. The molecule has 19 heavy (non-hydrogen) atoms. The first-order valence-electron chi connectivity index (χ1n) is 6.74. The maximum absolute atomic E-state index is 11.8. The van der Waals surface area contributed by atoms with Gasteiger partial charge in [-0.15, -0.1) is 0 Å². The van der Waals surface area contributed by atoms with E-state index in [1.165, 1.54) is 0 Å². The molecular formula is C15H20O4. The molecule has 4 nitrogen and oxygen atoms in total. The number of carboxylic acid groups (broad SMARTS) is 1. The van der Waals surface area contributed by atoms with E-state index in [-0.39, 0.29) is 0 Å². The number of ether oxygens (including phenoxy) is 2. The number of carbonyl (C=O) groups is 1. The number of fused-ring (bicyclic) bond motifs is 1. The van der Waals surface area contributed by atoms with Crippen molar-refractivity contribution in [2.45, 2.75) is 31.6 Å². The van der Waals surface area contributed by atoms with Crippen LogP contribution in [0.3, 0.4) is 0 Å².